The van der Waals surface area contributed by atoms with Gasteiger partial charge in [0, 0.05) is 23.2 Å². The predicted molar refractivity (Wildman–Crippen MR) is 144 cm³/mol. The number of benzene rings is 2. The molecule has 2 heterocycles. The lowest BCUT2D eigenvalue weighted by atomic mass is 9.91. The number of rotatable bonds is 5. The van der Waals surface area contributed by atoms with Crippen LogP contribution < -0.4 is 15.0 Å². The molecule has 1 aliphatic carbocycles. The summed E-state index contributed by atoms with van der Waals surface area (Å²) in [5, 5.41) is 4.33. The quantitative estimate of drug-likeness (QED) is 0.490. The van der Waals surface area contributed by atoms with Gasteiger partial charge in [-0.2, -0.15) is 0 Å². The minimum absolute atomic E-state index is 0.0867. The molecule has 190 valence electrons. The third-order valence-electron chi connectivity index (χ3n) is 8.03. The average Bonchev–Trinajstić information content (AvgIpc) is 3.23. The van der Waals surface area contributed by atoms with Crippen molar-refractivity contribution < 1.29 is 14.3 Å². The number of aryl methyl sites for hydroxylation is 1. The number of carbonyl (C=O) groups is 2. The van der Waals surface area contributed by atoms with Crippen LogP contribution in [0.3, 0.4) is 0 Å². The SMILES string of the molecule is CCc1ccc(N2C(=O)c3cc4ccc(OC)cc4n3C[C@]2(C)C(=O)NC2CCCCCCC2)cc1. The van der Waals surface area contributed by atoms with Gasteiger partial charge in [0.1, 0.15) is 17.0 Å². The van der Waals surface area contributed by atoms with E-state index in [-0.39, 0.29) is 17.9 Å². The number of anilines is 1. The van der Waals surface area contributed by atoms with E-state index in [0.717, 1.165) is 54.4 Å². The molecule has 3 aromatic rings. The predicted octanol–water partition coefficient (Wildman–Crippen LogP) is 5.86. The first-order valence-electron chi connectivity index (χ1n) is 13.4. The number of hydrogen-bond acceptors (Lipinski definition) is 3. The summed E-state index contributed by atoms with van der Waals surface area (Å²) < 4.78 is 7.45. The van der Waals surface area contributed by atoms with E-state index in [1.807, 2.05) is 60.0 Å². The molecule has 0 radical (unpaired) electrons. The molecule has 1 saturated carbocycles. The fraction of sp³-hybridized carbons (Fsp3) is 0.467. The van der Waals surface area contributed by atoms with Gasteiger partial charge in [-0.25, -0.2) is 0 Å². The Morgan fingerprint density at radius 2 is 1.72 bits per heavy atom. The van der Waals surface area contributed by atoms with Crippen LogP contribution >= 0.6 is 0 Å². The molecule has 6 nitrogen and oxygen atoms in total. The molecule has 1 atom stereocenters. The lowest BCUT2D eigenvalue weighted by Crippen LogP contribution is -2.65. The highest BCUT2D eigenvalue weighted by molar-refractivity contribution is 6.14. The van der Waals surface area contributed by atoms with Gasteiger partial charge in [0.2, 0.25) is 5.91 Å². The summed E-state index contributed by atoms with van der Waals surface area (Å²) in [6.45, 7) is 4.39. The van der Waals surface area contributed by atoms with Crippen molar-refractivity contribution in [2.75, 3.05) is 12.0 Å². The van der Waals surface area contributed by atoms with Crippen molar-refractivity contribution >= 4 is 28.4 Å². The third kappa shape index (κ3) is 4.38. The van der Waals surface area contributed by atoms with Gasteiger partial charge in [0.15, 0.2) is 0 Å². The van der Waals surface area contributed by atoms with Crippen molar-refractivity contribution in [2.45, 2.75) is 83.3 Å². The number of nitrogens with one attached hydrogen (secondary N) is 1. The van der Waals surface area contributed by atoms with Crippen molar-refractivity contribution in [3.05, 3.63) is 59.8 Å². The van der Waals surface area contributed by atoms with E-state index < -0.39 is 5.54 Å². The second kappa shape index (κ2) is 10.00. The molecule has 2 amide bonds. The molecule has 1 fully saturated rings. The Labute approximate surface area is 213 Å². The normalized spacial score (nSPS) is 21.1. The maximum atomic E-state index is 14.1. The molecule has 1 N–H and O–H groups in total. The third-order valence-corrected chi connectivity index (χ3v) is 8.03. The summed E-state index contributed by atoms with van der Waals surface area (Å²) in [5.74, 6) is 0.487. The summed E-state index contributed by atoms with van der Waals surface area (Å²) in [4.78, 5) is 29.9. The highest BCUT2D eigenvalue weighted by Crippen LogP contribution is 2.37. The Balaban J connectivity index is 1.57. The van der Waals surface area contributed by atoms with Crippen molar-refractivity contribution in [1.29, 1.82) is 0 Å². The van der Waals surface area contributed by atoms with Crippen LogP contribution in [0.5, 0.6) is 5.75 Å². The molecule has 5 rings (SSSR count). The second-order valence-electron chi connectivity index (χ2n) is 10.5. The molecule has 2 aliphatic rings. The van der Waals surface area contributed by atoms with E-state index in [1.165, 1.54) is 24.8 Å². The highest BCUT2D eigenvalue weighted by Gasteiger charge is 2.49. The minimum atomic E-state index is -1.07. The van der Waals surface area contributed by atoms with E-state index in [9.17, 15) is 9.59 Å². The van der Waals surface area contributed by atoms with Crippen LogP contribution in [0.25, 0.3) is 10.9 Å². The largest absolute Gasteiger partial charge is 0.497 e. The van der Waals surface area contributed by atoms with Crippen LogP contribution in [-0.2, 0) is 17.8 Å². The van der Waals surface area contributed by atoms with E-state index in [2.05, 4.69) is 12.2 Å². The molecule has 1 aliphatic heterocycles. The molecule has 0 saturated heterocycles. The molecular weight excluding hydrogens is 450 g/mol. The second-order valence-corrected chi connectivity index (χ2v) is 10.5. The molecule has 2 aromatic carbocycles. The fourth-order valence-corrected chi connectivity index (χ4v) is 5.82. The van der Waals surface area contributed by atoms with Gasteiger partial charge in [0.05, 0.1) is 19.2 Å². The Morgan fingerprint density at radius 1 is 1.03 bits per heavy atom. The van der Waals surface area contributed by atoms with Gasteiger partial charge in [-0.3, -0.25) is 14.5 Å². The molecule has 0 unspecified atom stereocenters. The van der Waals surface area contributed by atoms with Crippen LogP contribution in [0.2, 0.25) is 0 Å². The first-order chi connectivity index (χ1) is 17.4. The van der Waals surface area contributed by atoms with Gasteiger partial charge in [0.25, 0.3) is 5.91 Å². The monoisotopic (exact) mass is 487 g/mol. The molecular formula is C30H37N3O3. The number of methoxy groups -OCH3 is 1. The van der Waals surface area contributed by atoms with Crippen LogP contribution in [0, 0.1) is 0 Å². The number of nitrogens with zero attached hydrogens (tertiary/aromatic N) is 2. The van der Waals surface area contributed by atoms with E-state index >= 15 is 0 Å². The maximum absolute atomic E-state index is 14.1. The summed E-state index contributed by atoms with van der Waals surface area (Å²) in [7, 11) is 1.64. The maximum Gasteiger partial charge on any atom is 0.275 e. The average molecular weight is 488 g/mol. The zero-order valence-electron chi connectivity index (χ0n) is 21.7. The number of fused-ring (bicyclic) bond motifs is 3. The zero-order chi connectivity index (χ0) is 25.3. The molecule has 0 spiro atoms. The van der Waals surface area contributed by atoms with Crippen LogP contribution in [0.1, 0.15) is 74.8 Å². The van der Waals surface area contributed by atoms with E-state index in [4.69, 9.17) is 4.74 Å². The van der Waals surface area contributed by atoms with Crippen LogP contribution in [-0.4, -0.2) is 35.1 Å². The van der Waals surface area contributed by atoms with Crippen molar-refractivity contribution in [1.82, 2.24) is 9.88 Å². The van der Waals surface area contributed by atoms with Gasteiger partial charge in [-0.15, -0.1) is 0 Å². The molecule has 1 aromatic heterocycles. The lowest BCUT2D eigenvalue weighted by Gasteiger charge is -2.44. The topological polar surface area (TPSA) is 63.6 Å². The first kappa shape index (κ1) is 24.4. The fourth-order valence-electron chi connectivity index (χ4n) is 5.82. The number of aromatic nitrogens is 1. The number of hydrogen-bond donors (Lipinski definition) is 1. The Morgan fingerprint density at radius 3 is 2.39 bits per heavy atom. The van der Waals surface area contributed by atoms with Gasteiger partial charge in [-0.1, -0.05) is 51.2 Å². The molecule has 36 heavy (non-hydrogen) atoms. The molecule has 6 heteroatoms. The Kier molecular flexibility index (Phi) is 6.78. The summed E-state index contributed by atoms with van der Waals surface area (Å²) in [6.07, 6.45) is 8.90. The smallest absolute Gasteiger partial charge is 0.275 e. The first-order valence-corrected chi connectivity index (χ1v) is 13.4. The highest BCUT2D eigenvalue weighted by atomic mass is 16.5. The number of ether oxygens (including phenoxy) is 1. The summed E-state index contributed by atoms with van der Waals surface area (Å²) >= 11 is 0. The summed E-state index contributed by atoms with van der Waals surface area (Å²) in [5.41, 5.74) is 2.37. The van der Waals surface area contributed by atoms with Crippen molar-refractivity contribution in [3.63, 3.8) is 0 Å². The Hall–Kier alpha value is -3.28. The van der Waals surface area contributed by atoms with Gasteiger partial charge < -0.3 is 14.6 Å². The van der Waals surface area contributed by atoms with E-state index in [1.54, 1.807) is 12.0 Å². The van der Waals surface area contributed by atoms with Crippen LogP contribution in [0.4, 0.5) is 5.69 Å². The molecule has 0 bridgehead atoms. The Bertz CT molecular complexity index is 1250. The van der Waals surface area contributed by atoms with Crippen LogP contribution in [0.15, 0.2) is 48.5 Å². The number of carbonyl (C=O) groups excluding carboxylic acids is 2. The minimum Gasteiger partial charge on any atom is -0.497 e. The number of amides is 2. The zero-order valence-corrected chi connectivity index (χ0v) is 21.7. The lowest BCUT2D eigenvalue weighted by molar-refractivity contribution is -0.127. The van der Waals surface area contributed by atoms with Crippen molar-refractivity contribution in [2.24, 2.45) is 0 Å². The standard InChI is InChI=1S/C30H37N3O3/c1-4-21-12-15-24(16-13-21)33-28(34)27-18-22-14-17-25(36-3)19-26(22)32(27)20-30(33,2)29(35)31-23-10-8-6-5-7-9-11-23/h12-19,23H,4-11,20H2,1-3H3,(H,31,35)/t30-/m1/s1. The van der Waals surface area contributed by atoms with Gasteiger partial charge in [-0.05, 0) is 62.1 Å². The van der Waals surface area contributed by atoms with Crippen molar-refractivity contribution in [3.8, 4) is 5.75 Å². The van der Waals surface area contributed by atoms with Gasteiger partial charge >= 0.3 is 0 Å². The summed E-state index contributed by atoms with van der Waals surface area (Å²) in [6, 6.07) is 15.9. The van der Waals surface area contributed by atoms with E-state index in [0.29, 0.717) is 12.2 Å².